The number of aliphatic hydroxyl groups is 2. The topological polar surface area (TPSA) is 256 Å². The van der Waals surface area contributed by atoms with Crippen LogP contribution in [-0.4, -0.2) is 161 Å². The fourth-order valence-corrected chi connectivity index (χ4v) is 12.5. The second-order valence-corrected chi connectivity index (χ2v) is 24.9. The predicted molar refractivity (Wildman–Crippen MR) is 270 cm³/mol. The molecule has 0 aromatic rings. The molecule has 20 heteroatoms. The highest BCUT2D eigenvalue weighted by Gasteiger charge is 2.52. The zero-order valence-corrected chi connectivity index (χ0v) is 45.7. The van der Waals surface area contributed by atoms with Crippen molar-refractivity contribution >= 4 is 49.1 Å². The van der Waals surface area contributed by atoms with Gasteiger partial charge in [-0.25, -0.2) is 26.4 Å². The molecule has 4 aliphatic rings. The van der Waals surface area contributed by atoms with Crippen LogP contribution in [0, 0.1) is 29.6 Å². The Labute approximate surface area is 427 Å². The predicted octanol–water partition coefficient (Wildman–Crippen LogP) is 4.51. The van der Waals surface area contributed by atoms with E-state index >= 15 is 0 Å². The van der Waals surface area contributed by atoms with Crippen LogP contribution in [0.1, 0.15) is 119 Å². The molecule has 1 saturated carbocycles. The Hall–Kier alpha value is -3.47. The summed E-state index contributed by atoms with van der Waals surface area (Å²) in [5.74, 6) is -9.22. The van der Waals surface area contributed by atoms with Gasteiger partial charge in [-0.1, -0.05) is 69.7 Å². The van der Waals surface area contributed by atoms with Crippen molar-refractivity contribution in [3.63, 3.8) is 0 Å². The molecule has 3 aliphatic heterocycles. The van der Waals surface area contributed by atoms with E-state index < -0.39 is 110 Å². The lowest BCUT2D eigenvalue weighted by atomic mass is 9.78. The third-order valence-electron chi connectivity index (χ3n) is 15.1. The van der Waals surface area contributed by atoms with Gasteiger partial charge < -0.3 is 38.8 Å². The average molecular weight is 1060 g/mol. The van der Waals surface area contributed by atoms with E-state index in [9.17, 15) is 51.0 Å². The van der Waals surface area contributed by atoms with Gasteiger partial charge in [0.15, 0.2) is 15.6 Å². The highest BCUT2D eigenvalue weighted by molar-refractivity contribution is 7.91. The Bertz CT molecular complexity index is 2260. The molecule has 0 aromatic heterocycles. The first-order chi connectivity index (χ1) is 33.6. The van der Waals surface area contributed by atoms with Gasteiger partial charge in [-0.05, 0) is 102 Å². The average Bonchev–Trinajstić information content (AvgIpc) is 3.67. The number of allylic oxidation sites excluding steroid dienone is 6. The van der Waals surface area contributed by atoms with E-state index in [2.05, 4.69) is 4.72 Å². The van der Waals surface area contributed by atoms with Crippen LogP contribution >= 0.6 is 0 Å². The Morgan fingerprint density at radius 3 is 2.24 bits per heavy atom. The van der Waals surface area contributed by atoms with Crippen molar-refractivity contribution in [1.29, 1.82) is 0 Å². The van der Waals surface area contributed by atoms with Crippen LogP contribution in [0.15, 0.2) is 47.6 Å². The molecule has 0 radical (unpaired) electrons. The third kappa shape index (κ3) is 17.0. The number of hydrogen-bond donors (Lipinski definition) is 3. The SMILES string of the molecule is COC1C(=O)C(C)CC\C=C/C=C\C=C(\C)C(NS(C)(=O)=O)C[C@H]2CC[C@H](C)[C@](O)(O2)C(=O)C(=O)N(C)C(C)C(=O)OC([C@H](C)C[C@@H]2CC[C@@H](OC3CCS(=O)(=O)C3)[C@H](OC)C2)CC(=O)C(C)/C=C(/C)C1O. The van der Waals surface area contributed by atoms with Crippen molar-refractivity contribution < 1.29 is 74.7 Å². The molecular weight excluding hydrogens is 973 g/mol. The quantitative estimate of drug-likeness (QED) is 0.163. The highest BCUT2D eigenvalue weighted by Crippen LogP contribution is 2.38. The first kappa shape index (κ1) is 61.1. The van der Waals surface area contributed by atoms with E-state index in [0.717, 1.165) is 11.2 Å². The smallest absolute Gasteiger partial charge is 0.328 e. The van der Waals surface area contributed by atoms with Gasteiger partial charge in [-0.3, -0.25) is 19.2 Å². The number of sulfonamides is 1. The Balaban J connectivity index is 1.65. The fraction of sp³-hybridized carbons (Fsp3) is 0.750. The standard InChI is InChI=1S/C52H82N2O16S2/c1-31-17-15-13-12-14-16-18-32(2)46(56)48(67-10)47(57)35(5)25-33(3)42(55)29-44(34(4)26-38-20-22-43(45(27-38)66-9)68-40-23-24-72(64,65)30-40)69-51(60)37(7)54(8)50(59)49(58)52(61)36(6)19-21-39(70-52)28-41(31)53-71(11,62)63/h12-15,17,25,32-34,36-41,43-45,47-48,53,57,61H,16,18-24,26-30H2,1-11H3/b14-12-,15-13-,31-17-,35-25-/t32?,33?,34-,36+,37?,38+,39-,40?,41?,43-,44?,45-,47?,48?,52+/m1/s1. The molecule has 8 unspecified atom stereocenters. The number of ketones is 3. The number of cyclic esters (lactones) is 1. The number of Topliss-reactive ketones (excluding diaryl/α,β-unsaturated/α-hetero) is 3. The van der Waals surface area contributed by atoms with Gasteiger partial charge in [0.05, 0.1) is 42.2 Å². The molecule has 3 N–H and O–H groups in total. The summed E-state index contributed by atoms with van der Waals surface area (Å²) in [5.41, 5.74) is 0.932. The molecule has 408 valence electrons. The van der Waals surface area contributed by atoms with E-state index in [1.165, 1.54) is 21.1 Å². The van der Waals surface area contributed by atoms with Crippen LogP contribution in [0.5, 0.6) is 0 Å². The molecule has 1 aliphatic carbocycles. The Morgan fingerprint density at radius 1 is 0.917 bits per heavy atom. The minimum absolute atomic E-state index is 0.0113. The lowest BCUT2D eigenvalue weighted by molar-refractivity contribution is -0.263. The molecule has 0 spiro atoms. The zero-order chi connectivity index (χ0) is 53.9. The van der Waals surface area contributed by atoms with Crippen molar-refractivity contribution in [1.82, 2.24) is 9.62 Å². The molecule has 3 fully saturated rings. The lowest BCUT2D eigenvalue weighted by Crippen LogP contribution is -2.59. The normalized spacial score (nSPS) is 38.8. The number of esters is 1. The maximum absolute atomic E-state index is 14.1. The van der Waals surface area contributed by atoms with Gasteiger partial charge in [0.2, 0.25) is 15.8 Å². The van der Waals surface area contributed by atoms with Crippen molar-refractivity contribution in [2.75, 3.05) is 39.0 Å². The second-order valence-electron chi connectivity index (χ2n) is 20.9. The number of amides is 1. The number of likely N-dealkylation sites (N-methyl/N-ethyl adjacent to an activating group) is 1. The minimum Gasteiger partial charge on any atom is -0.460 e. The number of nitrogens with zero attached hydrogens (tertiary/aromatic N) is 1. The molecule has 72 heavy (non-hydrogen) atoms. The van der Waals surface area contributed by atoms with Crippen molar-refractivity contribution in [2.45, 2.75) is 180 Å². The molecule has 15 atom stereocenters. The molecule has 2 bridgehead atoms. The number of carbonyl (C=O) groups excluding carboxylic acids is 5. The molecule has 4 rings (SSSR count). The largest absolute Gasteiger partial charge is 0.460 e. The summed E-state index contributed by atoms with van der Waals surface area (Å²) in [5, 5.41) is 23.3. The van der Waals surface area contributed by atoms with Crippen LogP contribution in [0.25, 0.3) is 0 Å². The number of sulfone groups is 1. The summed E-state index contributed by atoms with van der Waals surface area (Å²) < 4.78 is 81.7. The van der Waals surface area contributed by atoms with Crippen LogP contribution in [-0.2, 0) is 67.5 Å². The van der Waals surface area contributed by atoms with Crippen LogP contribution < -0.4 is 4.72 Å². The maximum Gasteiger partial charge on any atom is 0.328 e. The summed E-state index contributed by atoms with van der Waals surface area (Å²) in [6.45, 7) is 11.5. The fourth-order valence-electron chi connectivity index (χ4n) is 10.1. The monoisotopic (exact) mass is 1050 g/mol. The van der Waals surface area contributed by atoms with Crippen molar-refractivity contribution in [3.05, 3.63) is 47.6 Å². The molecule has 18 nitrogen and oxygen atoms in total. The number of fused-ring (bicyclic) bond motifs is 2. The van der Waals surface area contributed by atoms with E-state index in [-0.39, 0.29) is 60.5 Å². The summed E-state index contributed by atoms with van der Waals surface area (Å²) >= 11 is 0. The van der Waals surface area contributed by atoms with E-state index in [4.69, 9.17) is 23.7 Å². The Kier molecular flexibility index (Phi) is 22.8. The molecular formula is C52H82N2O16S2. The molecule has 3 heterocycles. The number of rotatable bonds is 9. The Morgan fingerprint density at radius 2 is 1.61 bits per heavy atom. The van der Waals surface area contributed by atoms with E-state index in [1.807, 2.05) is 13.0 Å². The molecule has 2 saturated heterocycles. The van der Waals surface area contributed by atoms with Crippen LogP contribution in [0.3, 0.4) is 0 Å². The van der Waals surface area contributed by atoms with Crippen molar-refractivity contribution in [3.8, 4) is 0 Å². The maximum atomic E-state index is 14.1. The highest BCUT2D eigenvalue weighted by atomic mass is 32.2. The molecule has 0 aromatic carbocycles. The number of nitrogens with one attached hydrogen (secondary N) is 1. The van der Waals surface area contributed by atoms with Gasteiger partial charge in [0.25, 0.3) is 11.7 Å². The first-order valence-electron chi connectivity index (χ1n) is 25.3. The lowest BCUT2D eigenvalue weighted by Gasteiger charge is -2.42. The summed E-state index contributed by atoms with van der Waals surface area (Å²) in [6, 6.07) is -2.20. The van der Waals surface area contributed by atoms with Gasteiger partial charge >= 0.3 is 5.97 Å². The van der Waals surface area contributed by atoms with Crippen molar-refractivity contribution in [2.24, 2.45) is 29.6 Å². The summed E-state index contributed by atoms with van der Waals surface area (Å²) in [6.07, 6.45) is 9.96. The van der Waals surface area contributed by atoms with Gasteiger partial charge in [-0.2, -0.15) is 0 Å². The van der Waals surface area contributed by atoms with Crippen LogP contribution in [0.2, 0.25) is 0 Å². The second kappa shape index (κ2) is 26.8. The van der Waals surface area contributed by atoms with E-state index in [0.29, 0.717) is 62.5 Å². The number of methoxy groups -OCH3 is 2. The summed E-state index contributed by atoms with van der Waals surface area (Å²) in [7, 11) is -2.77. The van der Waals surface area contributed by atoms with Gasteiger partial charge in [-0.15, -0.1) is 0 Å². The van der Waals surface area contributed by atoms with Gasteiger partial charge in [0, 0.05) is 51.5 Å². The molecule has 1 amide bonds. The number of hydrogen-bond acceptors (Lipinski definition) is 16. The zero-order valence-electron chi connectivity index (χ0n) is 44.1. The number of aliphatic hydroxyl groups excluding tert-OH is 1. The van der Waals surface area contributed by atoms with Crippen LogP contribution in [0.4, 0.5) is 0 Å². The minimum atomic E-state index is -3.75. The number of carbonyl (C=O) groups is 5. The van der Waals surface area contributed by atoms with E-state index in [1.54, 1.807) is 72.1 Å². The first-order valence-corrected chi connectivity index (χ1v) is 29.1. The number of ether oxygens (including phenoxy) is 5. The van der Waals surface area contributed by atoms with Gasteiger partial charge in [0.1, 0.15) is 30.1 Å². The third-order valence-corrected chi connectivity index (χ3v) is 17.5. The summed E-state index contributed by atoms with van der Waals surface area (Å²) in [4.78, 5) is 70.8.